The molecule has 1 amide bonds. The number of carbonyl (C=O) groups excluding carboxylic acids is 1. The Hall–Kier alpha value is -2.15. The van der Waals surface area contributed by atoms with Crippen molar-refractivity contribution in [1.82, 2.24) is 5.32 Å². The summed E-state index contributed by atoms with van der Waals surface area (Å²) in [6, 6.07) is 6.20. The van der Waals surface area contributed by atoms with Crippen molar-refractivity contribution in [3.8, 4) is 0 Å². The van der Waals surface area contributed by atoms with E-state index in [-0.39, 0.29) is 23.6 Å². The van der Waals surface area contributed by atoms with E-state index >= 15 is 0 Å². The number of anilines is 1. The van der Waals surface area contributed by atoms with Crippen LogP contribution in [-0.2, 0) is 4.79 Å². The Balaban J connectivity index is 1.59. The summed E-state index contributed by atoms with van der Waals surface area (Å²) in [5.41, 5.74) is 0.856. The van der Waals surface area contributed by atoms with Gasteiger partial charge in [-0.15, -0.1) is 0 Å². The number of nitrogens with zero attached hydrogens (tertiary/aromatic N) is 1. The third-order valence-electron chi connectivity index (χ3n) is 4.17. The molecule has 1 aliphatic carbocycles. The maximum Gasteiger partial charge on any atom is 0.269 e. The number of benzene rings is 1. The van der Waals surface area contributed by atoms with Crippen LogP contribution in [-0.4, -0.2) is 35.1 Å². The second-order valence-electron chi connectivity index (χ2n) is 5.90. The predicted octanol–water partition coefficient (Wildman–Crippen LogP) is 2.06. The van der Waals surface area contributed by atoms with Crippen LogP contribution in [0.5, 0.6) is 0 Å². The van der Waals surface area contributed by atoms with Crippen molar-refractivity contribution < 1.29 is 14.8 Å². The number of nitro benzene ring substituents is 1. The van der Waals surface area contributed by atoms with Crippen molar-refractivity contribution in [2.75, 3.05) is 18.4 Å². The van der Waals surface area contributed by atoms with Crippen molar-refractivity contribution in [2.24, 2.45) is 5.92 Å². The summed E-state index contributed by atoms with van der Waals surface area (Å²) in [5, 5.41) is 26.2. The van der Waals surface area contributed by atoms with E-state index in [9.17, 15) is 20.0 Å². The van der Waals surface area contributed by atoms with Gasteiger partial charge in [-0.2, -0.15) is 0 Å². The van der Waals surface area contributed by atoms with Crippen LogP contribution >= 0.6 is 0 Å². The van der Waals surface area contributed by atoms with Crippen LogP contribution < -0.4 is 10.6 Å². The molecule has 0 aliphatic heterocycles. The summed E-state index contributed by atoms with van der Waals surface area (Å²) in [4.78, 5) is 21.9. The molecule has 7 heteroatoms. The van der Waals surface area contributed by atoms with Crippen LogP contribution in [0.3, 0.4) is 0 Å². The number of amides is 1. The lowest BCUT2D eigenvalue weighted by Gasteiger charge is -2.15. The molecule has 1 aromatic carbocycles. The fourth-order valence-electron chi connectivity index (χ4n) is 2.77. The minimum atomic E-state index is -0.435. The van der Waals surface area contributed by atoms with Gasteiger partial charge < -0.3 is 15.7 Å². The molecule has 1 aliphatic rings. The van der Waals surface area contributed by atoms with Crippen LogP contribution in [0.25, 0.3) is 0 Å². The molecule has 0 radical (unpaired) electrons. The number of nitro groups is 1. The van der Waals surface area contributed by atoms with Crippen molar-refractivity contribution >= 4 is 17.3 Å². The average Bonchev–Trinajstić information content (AvgIpc) is 2.95. The van der Waals surface area contributed by atoms with E-state index in [0.717, 1.165) is 24.9 Å². The number of aliphatic hydroxyl groups is 1. The van der Waals surface area contributed by atoms with E-state index in [1.54, 1.807) is 12.1 Å². The minimum absolute atomic E-state index is 0.00500. The van der Waals surface area contributed by atoms with Gasteiger partial charge in [-0.3, -0.25) is 14.9 Å². The summed E-state index contributed by atoms with van der Waals surface area (Å²) in [6.07, 6.45) is 3.65. The maximum absolute atomic E-state index is 11.7. The molecular formula is C16H23N3O4. The van der Waals surface area contributed by atoms with Crippen molar-refractivity contribution in [3.05, 3.63) is 34.4 Å². The van der Waals surface area contributed by atoms with Crippen LogP contribution in [0.4, 0.5) is 11.4 Å². The molecule has 2 atom stereocenters. The molecule has 0 bridgehead atoms. The summed E-state index contributed by atoms with van der Waals surface area (Å²) in [5.74, 6) is 0.187. The van der Waals surface area contributed by atoms with Crippen LogP contribution in [0.2, 0.25) is 0 Å². The largest absolute Gasteiger partial charge is 0.393 e. The Labute approximate surface area is 135 Å². The highest BCUT2D eigenvalue weighted by molar-refractivity contribution is 5.75. The van der Waals surface area contributed by atoms with E-state index in [0.29, 0.717) is 25.9 Å². The molecule has 23 heavy (non-hydrogen) atoms. The highest BCUT2D eigenvalue weighted by Gasteiger charge is 2.25. The Morgan fingerprint density at radius 2 is 2.04 bits per heavy atom. The van der Waals surface area contributed by atoms with Crippen molar-refractivity contribution in [1.29, 1.82) is 0 Å². The third kappa shape index (κ3) is 5.52. The second-order valence-corrected chi connectivity index (χ2v) is 5.90. The van der Waals surface area contributed by atoms with E-state index in [1.165, 1.54) is 12.1 Å². The number of hydrogen-bond acceptors (Lipinski definition) is 5. The average molecular weight is 321 g/mol. The molecule has 0 spiro atoms. The van der Waals surface area contributed by atoms with Gasteiger partial charge in [0.15, 0.2) is 0 Å². The lowest BCUT2D eigenvalue weighted by atomic mass is 10.1. The monoisotopic (exact) mass is 321 g/mol. The number of nitrogens with one attached hydrogen (secondary N) is 2. The van der Waals surface area contributed by atoms with Gasteiger partial charge in [0, 0.05) is 43.2 Å². The highest BCUT2D eigenvalue weighted by Crippen LogP contribution is 2.24. The number of carbonyl (C=O) groups is 1. The Morgan fingerprint density at radius 1 is 1.30 bits per heavy atom. The maximum atomic E-state index is 11.7. The summed E-state index contributed by atoms with van der Waals surface area (Å²) in [6.45, 7) is 1.17. The zero-order valence-electron chi connectivity index (χ0n) is 13.0. The normalized spacial score (nSPS) is 20.2. The van der Waals surface area contributed by atoms with Crippen molar-refractivity contribution in [3.63, 3.8) is 0 Å². The Kier molecular flexibility index (Phi) is 6.34. The zero-order chi connectivity index (χ0) is 16.7. The fourth-order valence-corrected chi connectivity index (χ4v) is 2.77. The van der Waals surface area contributed by atoms with Gasteiger partial charge in [-0.25, -0.2) is 0 Å². The van der Waals surface area contributed by atoms with Gasteiger partial charge in [0.1, 0.15) is 0 Å². The first-order valence-corrected chi connectivity index (χ1v) is 7.99. The van der Waals surface area contributed by atoms with Crippen LogP contribution in [0.15, 0.2) is 24.3 Å². The van der Waals surface area contributed by atoms with Gasteiger partial charge >= 0.3 is 0 Å². The second kappa shape index (κ2) is 8.47. The van der Waals surface area contributed by atoms with Gasteiger partial charge in [0.25, 0.3) is 5.69 Å². The molecule has 2 rings (SSSR count). The summed E-state index contributed by atoms with van der Waals surface area (Å²) in [7, 11) is 0. The lowest BCUT2D eigenvalue weighted by molar-refractivity contribution is -0.384. The minimum Gasteiger partial charge on any atom is -0.393 e. The first-order chi connectivity index (χ1) is 11.1. The number of aliphatic hydroxyl groups excluding tert-OH is 1. The molecule has 126 valence electrons. The molecule has 0 heterocycles. The zero-order valence-corrected chi connectivity index (χ0v) is 13.0. The quantitative estimate of drug-likeness (QED) is 0.386. The smallest absolute Gasteiger partial charge is 0.269 e. The van der Waals surface area contributed by atoms with E-state index < -0.39 is 4.92 Å². The summed E-state index contributed by atoms with van der Waals surface area (Å²) >= 11 is 0. The molecule has 0 saturated heterocycles. The van der Waals surface area contributed by atoms with Crippen LogP contribution in [0, 0.1) is 16.0 Å². The molecule has 1 saturated carbocycles. The lowest BCUT2D eigenvalue weighted by Crippen LogP contribution is -2.32. The molecule has 1 fully saturated rings. The molecular weight excluding hydrogens is 298 g/mol. The first kappa shape index (κ1) is 17.2. The topological polar surface area (TPSA) is 104 Å². The number of rotatable bonds is 8. The standard InChI is InChI=1S/C16H23N3O4/c20-15-4-1-3-12(15)11-18-16(21)5-2-10-17-13-6-8-14(9-7-13)19(22)23/h6-9,12,15,17,20H,1-5,10-11H2,(H,18,21). The third-order valence-corrected chi connectivity index (χ3v) is 4.17. The fraction of sp³-hybridized carbons (Fsp3) is 0.562. The highest BCUT2D eigenvalue weighted by atomic mass is 16.6. The molecule has 1 aromatic rings. The van der Waals surface area contributed by atoms with Crippen molar-refractivity contribution in [2.45, 2.75) is 38.2 Å². The summed E-state index contributed by atoms with van der Waals surface area (Å²) < 4.78 is 0. The van der Waals surface area contributed by atoms with E-state index in [2.05, 4.69) is 10.6 Å². The van der Waals surface area contributed by atoms with E-state index in [4.69, 9.17) is 0 Å². The van der Waals surface area contributed by atoms with Gasteiger partial charge in [0.05, 0.1) is 11.0 Å². The molecule has 0 aromatic heterocycles. The Morgan fingerprint density at radius 3 is 2.65 bits per heavy atom. The Bertz CT molecular complexity index is 533. The first-order valence-electron chi connectivity index (χ1n) is 7.99. The van der Waals surface area contributed by atoms with Gasteiger partial charge in [0.2, 0.25) is 5.91 Å². The molecule has 7 nitrogen and oxygen atoms in total. The molecule has 3 N–H and O–H groups in total. The van der Waals surface area contributed by atoms with Gasteiger partial charge in [-0.05, 0) is 31.4 Å². The van der Waals surface area contributed by atoms with Gasteiger partial charge in [-0.1, -0.05) is 6.42 Å². The number of non-ortho nitro benzene ring substituents is 1. The van der Waals surface area contributed by atoms with E-state index in [1.807, 2.05) is 0 Å². The molecule has 2 unspecified atom stereocenters. The van der Waals surface area contributed by atoms with Crippen LogP contribution in [0.1, 0.15) is 32.1 Å². The number of hydrogen-bond donors (Lipinski definition) is 3. The SMILES string of the molecule is O=C(CCCNc1ccc([N+](=O)[O-])cc1)NCC1CCCC1O. The predicted molar refractivity (Wildman–Crippen MR) is 87.2 cm³/mol.